The number of nitrogens with zero attached hydrogens (tertiary/aromatic N) is 4. The predicted octanol–water partition coefficient (Wildman–Crippen LogP) is 2.33. The number of nitrogens with two attached hydrogens (primary N) is 1. The van der Waals surface area contributed by atoms with Crippen molar-refractivity contribution in [2.45, 2.75) is 27.7 Å². The molecule has 140 valence electrons. The molecule has 0 bridgehead atoms. The van der Waals surface area contributed by atoms with E-state index < -0.39 is 0 Å². The first kappa shape index (κ1) is 19.4. The third-order valence-electron chi connectivity index (χ3n) is 3.53. The third-order valence-corrected chi connectivity index (χ3v) is 3.53. The van der Waals surface area contributed by atoms with Crippen LogP contribution in [0.1, 0.15) is 38.2 Å². The smallest absolute Gasteiger partial charge is 0.288 e. The molecule has 1 amide bonds. The van der Waals surface area contributed by atoms with Crippen molar-refractivity contribution in [1.82, 2.24) is 20.4 Å². The van der Waals surface area contributed by atoms with Gasteiger partial charge in [0.2, 0.25) is 0 Å². The van der Waals surface area contributed by atoms with E-state index in [1.54, 1.807) is 24.4 Å². The number of amides is 1. The van der Waals surface area contributed by atoms with E-state index in [1.807, 2.05) is 0 Å². The van der Waals surface area contributed by atoms with Crippen LogP contribution in [0.15, 0.2) is 30.7 Å². The highest BCUT2D eigenvalue weighted by molar-refractivity contribution is 5.93. The minimum Gasteiger partial charge on any atom is -0.393 e. The second kappa shape index (κ2) is 8.98. The van der Waals surface area contributed by atoms with Gasteiger partial charge in [-0.25, -0.2) is 9.97 Å². The van der Waals surface area contributed by atoms with Gasteiger partial charge in [-0.2, -0.15) is 0 Å². The van der Waals surface area contributed by atoms with Crippen molar-refractivity contribution in [3.05, 3.63) is 36.4 Å². The standard InChI is InChI=1S/C18H27N7O/c1-12(2)9-25(10-13(3)4)17-15(19)16(21-11-22-17)23-24-18(26)14-7-5-6-8-20-14/h5-8,11-13H,9-10,19H2,1-4H3,(H,24,26)(H,21,22,23). The average molecular weight is 357 g/mol. The van der Waals surface area contributed by atoms with E-state index in [4.69, 9.17) is 5.73 Å². The van der Waals surface area contributed by atoms with Crippen LogP contribution in [-0.4, -0.2) is 33.9 Å². The Kier molecular flexibility index (Phi) is 6.71. The number of pyridine rings is 1. The molecule has 0 fully saturated rings. The minimum atomic E-state index is -0.369. The lowest BCUT2D eigenvalue weighted by Gasteiger charge is -2.28. The fourth-order valence-electron chi connectivity index (χ4n) is 2.54. The highest BCUT2D eigenvalue weighted by Crippen LogP contribution is 2.27. The lowest BCUT2D eigenvalue weighted by Crippen LogP contribution is -2.34. The number of hydrazine groups is 1. The molecule has 8 nitrogen and oxygen atoms in total. The molecule has 0 saturated heterocycles. The zero-order chi connectivity index (χ0) is 19.1. The Bertz CT molecular complexity index is 709. The number of anilines is 3. The van der Waals surface area contributed by atoms with Crippen molar-refractivity contribution in [1.29, 1.82) is 0 Å². The van der Waals surface area contributed by atoms with Gasteiger partial charge in [0.1, 0.15) is 17.7 Å². The molecule has 0 unspecified atom stereocenters. The first-order valence-corrected chi connectivity index (χ1v) is 8.71. The zero-order valence-corrected chi connectivity index (χ0v) is 15.7. The molecule has 0 aliphatic heterocycles. The predicted molar refractivity (Wildman–Crippen MR) is 104 cm³/mol. The van der Waals surface area contributed by atoms with E-state index in [1.165, 1.54) is 6.33 Å². The lowest BCUT2D eigenvalue weighted by atomic mass is 10.1. The number of aromatic nitrogens is 3. The van der Waals surface area contributed by atoms with Crippen LogP contribution in [-0.2, 0) is 0 Å². The van der Waals surface area contributed by atoms with Crippen molar-refractivity contribution >= 4 is 23.2 Å². The fraction of sp³-hybridized carbons (Fsp3) is 0.444. The van der Waals surface area contributed by atoms with Crippen molar-refractivity contribution in [2.75, 3.05) is 29.1 Å². The van der Waals surface area contributed by atoms with Gasteiger partial charge in [0.05, 0.1) is 0 Å². The van der Waals surface area contributed by atoms with Gasteiger partial charge in [-0.15, -0.1) is 0 Å². The number of carbonyl (C=O) groups is 1. The summed E-state index contributed by atoms with van der Waals surface area (Å²) >= 11 is 0. The third kappa shape index (κ3) is 5.30. The Morgan fingerprint density at radius 2 is 1.81 bits per heavy atom. The summed E-state index contributed by atoms with van der Waals surface area (Å²) in [7, 11) is 0. The molecule has 2 rings (SSSR count). The number of rotatable bonds is 8. The normalized spacial score (nSPS) is 10.8. The Morgan fingerprint density at radius 1 is 1.12 bits per heavy atom. The van der Waals surface area contributed by atoms with Crippen LogP contribution in [0.25, 0.3) is 0 Å². The molecule has 0 saturated carbocycles. The Hall–Kier alpha value is -2.90. The van der Waals surface area contributed by atoms with E-state index in [-0.39, 0.29) is 5.91 Å². The number of hydrogen-bond donors (Lipinski definition) is 3. The second-order valence-corrected chi connectivity index (χ2v) is 6.95. The zero-order valence-electron chi connectivity index (χ0n) is 15.7. The van der Waals surface area contributed by atoms with Crippen molar-refractivity contribution < 1.29 is 4.79 Å². The average Bonchev–Trinajstić information content (AvgIpc) is 2.60. The summed E-state index contributed by atoms with van der Waals surface area (Å²) in [5.41, 5.74) is 12.3. The summed E-state index contributed by atoms with van der Waals surface area (Å²) in [5.74, 6) is 1.58. The largest absolute Gasteiger partial charge is 0.393 e. The van der Waals surface area contributed by atoms with Crippen LogP contribution in [0.4, 0.5) is 17.3 Å². The summed E-state index contributed by atoms with van der Waals surface area (Å²) in [6.07, 6.45) is 3.00. The quantitative estimate of drug-likeness (QED) is 0.622. The van der Waals surface area contributed by atoms with E-state index in [0.29, 0.717) is 34.9 Å². The van der Waals surface area contributed by atoms with Crippen molar-refractivity contribution in [3.63, 3.8) is 0 Å². The molecule has 2 aromatic heterocycles. The molecule has 0 spiro atoms. The fourth-order valence-corrected chi connectivity index (χ4v) is 2.54. The first-order chi connectivity index (χ1) is 12.4. The number of carbonyl (C=O) groups excluding carboxylic acids is 1. The molecule has 8 heteroatoms. The summed E-state index contributed by atoms with van der Waals surface area (Å²) in [6, 6.07) is 5.12. The van der Waals surface area contributed by atoms with Crippen LogP contribution < -0.4 is 21.5 Å². The van der Waals surface area contributed by atoms with E-state index in [2.05, 4.69) is 58.4 Å². The molecule has 26 heavy (non-hydrogen) atoms. The van der Waals surface area contributed by atoms with E-state index in [9.17, 15) is 4.79 Å². The Labute approximate surface area is 154 Å². The highest BCUT2D eigenvalue weighted by Gasteiger charge is 2.18. The van der Waals surface area contributed by atoms with Gasteiger partial charge in [0.25, 0.3) is 5.91 Å². The molecule has 0 aliphatic rings. The van der Waals surface area contributed by atoms with Crippen LogP contribution >= 0.6 is 0 Å². The first-order valence-electron chi connectivity index (χ1n) is 8.71. The van der Waals surface area contributed by atoms with Gasteiger partial charge in [-0.1, -0.05) is 33.8 Å². The summed E-state index contributed by atoms with van der Waals surface area (Å²) in [5, 5.41) is 0. The summed E-state index contributed by atoms with van der Waals surface area (Å²) < 4.78 is 0. The monoisotopic (exact) mass is 357 g/mol. The maximum atomic E-state index is 12.1. The van der Waals surface area contributed by atoms with E-state index in [0.717, 1.165) is 13.1 Å². The molecule has 2 aromatic rings. The molecule has 0 aromatic carbocycles. The van der Waals surface area contributed by atoms with Crippen LogP contribution in [0.3, 0.4) is 0 Å². The number of nitrogen functional groups attached to an aromatic ring is 1. The van der Waals surface area contributed by atoms with Gasteiger partial charge >= 0.3 is 0 Å². The summed E-state index contributed by atoms with van der Waals surface area (Å²) in [4.78, 5) is 26.8. The highest BCUT2D eigenvalue weighted by atomic mass is 16.2. The molecular weight excluding hydrogens is 330 g/mol. The Balaban J connectivity index is 2.15. The molecule has 2 heterocycles. The lowest BCUT2D eigenvalue weighted by molar-refractivity contribution is 0.0957. The maximum Gasteiger partial charge on any atom is 0.288 e. The van der Waals surface area contributed by atoms with Crippen LogP contribution in [0, 0.1) is 11.8 Å². The van der Waals surface area contributed by atoms with Crippen LogP contribution in [0.5, 0.6) is 0 Å². The minimum absolute atomic E-state index is 0.300. The van der Waals surface area contributed by atoms with E-state index >= 15 is 0 Å². The molecule has 0 radical (unpaired) electrons. The molecule has 0 atom stereocenters. The molecule has 4 N–H and O–H groups in total. The number of hydrogen-bond acceptors (Lipinski definition) is 7. The van der Waals surface area contributed by atoms with Gasteiger partial charge in [-0.3, -0.25) is 20.6 Å². The summed E-state index contributed by atoms with van der Waals surface area (Å²) in [6.45, 7) is 10.3. The molecule has 0 aliphatic carbocycles. The molecular formula is C18H27N7O. The van der Waals surface area contributed by atoms with Gasteiger partial charge < -0.3 is 10.6 Å². The second-order valence-electron chi connectivity index (χ2n) is 6.95. The maximum absolute atomic E-state index is 12.1. The topological polar surface area (TPSA) is 109 Å². The Morgan fingerprint density at radius 3 is 2.38 bits per heavy atom. The van der Waals surface area contributed by atoms with Gasteiger partial charge in [-0.05, 0) is 24.0 Å². The van der Waals surface area contributed by atoms with Crippen molar-refractivity contribution in [3.8, 4) is 0 Å². The van der Waals surface area contributed by atoms with Crippen LogP contribution in [0.2, 0.25) is 0 Å². The van der Waals surface area contributed by atoms with Gasteiger partial charge in [0, 0.05) is 19.3 Å². The number of nitrogens with one attached hydrogen (secondary N) is 2. The van der Waals surface area contributed by atoms with Crippen molar-refractivity contribution in [2.24, 2.45) is 11.8 Å². The van der Waals surface area contributed by atoms with Gasteiger partial charge in [0.15, 0.2) is 11.6 Å². The SMILES string of the molecule is CC(C)CN(CC(C)C)c1ncnc(NNC(=O)c2ccccn2)c1N.